The Morgan fingerprint density at radius 2 is 2.05 bits per heavy atom. The van der Waals surface area contributed by atoms with Gasteiger partial charge in [0.1, 0.15) is 23.1 Å². The summed E-state index contributed by atoms with van der Waals surface area (Å²) in [6.07, 6.45) is 0. The highest BCUT2D eigenvalue weighted by Crippen LogP contribution is 2.25. The molecular weight excluding hydrogens is 316 g/mol. The van der Waals surface area contributed by atoms with Crippen LogP contribution in [-0.2, 0) is 0 Å². The molecule has 112 valence electrons. The summed E-state index contributed by atoms with van der Waals surface area (Å²) in [5.41, 5.74) is 1.51. The van der Waals surface area contributed by atoms with Gasteiger partial charge in [0.2, 0.25) is 0 Å². The van der Waals surface area contributed by atoms with Crippen molar-refractivity contribution in [2.24, 2.45) is 0 Å². The highest BCUT2D eigenvalue weighted by atomic mass is 32.1. The standard InChI is InChI=1S/C16H14N2O2S2/c19-15(17-7-8-20-13-4-2-1-3-5-13)14-11-22-16(18-14)12-6-9-21-10-12/h1-6,9-11H,7-8H2,(H,17,19). The molecule has 0 spiro atoms. The van der Waals surface area contributed by atoms with Crippen molar-refractivity contribution in [1.29, 1.82) is 0 Å². The van der Waals surface area contributed by atoms with Crippen LogP contribution in [-0.4, -0.2) is 24.0 Å². The number of hydrogen-bond donors (Lipinski definition) is 1. The average Bonchev–Trinajstić information content (AvgIpc) is 3.22. The van der Waals surface area contributed by atoms with Crippen LogP contribution < -0.4 is 10.1 Å². The predicted octanol–water partition coefficient (Wildman–Crippen LogP) is 3.68. The quantitative estimate of drug-likeness (QED) is 0.702. The van der Waals surface area contributed by atoms with Gasteiger partial charge in [-0.15, -0.1) is 11.3 Å². The Morgan fingerprint density at radius 1 is 1.18 bits per heavy atom. The van der Waals surface area contributed by atoms with Gasteiger partial charge in [0.05, 0.1) is 6.54 Å². The number of amides is 1. The van der Waals surface area contributed by atoms with Crippen molar-refractivity contribution in [3.8, 4) is 16.3 Å². The summed E-state index contributed by atoms with van der Waals surface area (Å²) >= 11 is 3.09. The Morgan fingerprint density at radius 3 is 2.82 bits per heavy atom. The number of ether oxygens (including phenoxy) is 1. The number of rotatable bonds is 6. The zero-order valence-corrected chi connectivity index (χ0v) is 13.3. The van der Waals surface area contributed by atoms with Crippen molar-refractivity contribution < 1.29 is 9.53 Å². The summed E-state index contributed by atoms with van der Waals surface area (Å²) in [6.45, 7) is 0.871. The Hall–Kier alpha value is -2.18. The van der Waals surface area contributed by atoms with E-state index in [0.29, 0.717) is 18.8 Å². The first-order chi connectivity index (χ1) is 10.8. The molecule has 1 aromatic carbocycles. The largest absolute Gasteiger partial charge is 0.492 e. The molecule has 22 heavy (non-hydrogen) atoms. The fraction of sp³-hybridized carbons (Fsp3) is 0.125. The highest BCUT2D eigenvalue weighted by Gasteiger charge is 2.11. The number of benzene rings is 1. The molecule has 6 heteroatoms. The van der Waals surface area contributed by atoms with Gasteiger partial charge >= 0.3 is 0 Å². The maximum absolute atomic E-state index is 12.0. The van der Waals surface area contributed by atoms with Crippen molar-refractivity contribution in [2.75, 3.05) is 13.2 Å². The summed E-state index contributed by atoms with van der Waals surface area (Å²) in [6, 6.07) is 11.5. The smallest absolute Gasteiger partial charge is 0.270 e. The lowest BCUT2D eigenvalue weighted by Gasteiger charge is -2.06. The first-order valence-electron chi connectivity index (χ1n) is 6.77. The number of aromatic nitrogens is 1. The number of thiazole rings is 1. The Kier molecular flexibility index (Phi) is 4.82. The second-order valence-electron chi connectivity index (χ2n) is 4.47. The summed E-state index contributed by atoms with van der Waals surface area (Å²) < 4.78 is 5.53. The third-order valence-electron chi connectivity index (χ3n) is 2.90. The van der Waals surface area contributed by atoms with Crippen LogP contribution in [0.3, 0.4) is 0 Å². The fourth-order valence-electron chi connectivity index (χ4n) is 1.84. The van der Waals surface area contributed by atoms with Crippen LogP contribution in [0.2, 0.25) is 0 Å². The number of para-hydroxylation sites is 1. The number of thiophene rings is 1. The van der Waals surface area contributed by atoms with Gasteiger partial charge in [-0.05, 0) is 23.6 Å². The summed E-state index contributed by atoms with van der Waals surface area (Å²) in [4.78, 5) is 16.4. The Bertz CT molecular complexity index is 724. The van der Waals surface area contributed by atoms with E-state index in [9.17, 15) is 4.79 Å². The van der Waals surface area contributed by atoms with E-state index >= 15 is 0 Å². The van der Waals surface area contributed by atoms with Crippen LogP contribution >= 0.6 is 22.7 Å². The molecule has 1 N–H and O–H groups in total. The van der Waals surface area contributed by atoms with Crippen molar-refractivity contribution in [3.63, 3.8) is 0 Å². The molecule has 2 aromatic heterocycles. The topological polar surface area (TPSA) is 51.2 Å². The second-order valence-corrected chi connectivity index (χ2v) is 6.11. The molecule has 3 rings (SSSR count). The molecule has 0 aliphatic heterocycles. The van der Waals surface area contributed by atoms with Crippen LogP contribution in [0.4, 0.5) is 0 Å². The molecule has 0 radical (unpaired) electrons. The van der Waals surface area contributed by atoms with Crippen molar-refractivity contribution in [1.82, 2.24) is 10.3 Å². The monoisotopic (exact) mass is 330 g/mol. The minimum absolute atomic E-state index is 0.172. The van der Waals surface area contributed by atoms with Gasteiger partial charge in [0.15, 0.2) is 0 Å². The molecule has 0 unspecified atom stereocenters. The lowest BCUT2D eigenvalue weighted by Crippen LogP contribution is -2.28. The second kappa shape index (κ2) is 7.20. The van der Waals surface area contributed by atoms with Crippen LogP contribution in [0.1, 0.15) is 10.5 Å². The molecule has 1 amide bonds. The molecule has 0 bridgehead atoms. The van der Waals surface area contributed by atoms with E-state index < -0.39 is 0 Å². The Balaban J connectivity index is 1.48. The SMILES string of the molecule is O=C(NCCOc1ccccc1)c1csc(-c2ccsc2)n1. The van der Waals surface area contributed by atoms with Gasteiger partial charge < -0.3 is 10.1 Å². The third kappa shape index (κ3) is 3.72. The van der Waals surface area contributed by atoms with Crippen molar-refractivity contribution in [2.45, 2.75) is 0 Å². The molecule has 2 heterocycles. The molecular formula is C16H14N2O2S2. The van der Waals surface area contributed by atoms with E-state index in [2.05, 4.69) is 10.3 Å². The first kappa shape index (κ1) is 14.7. The summed E-state index contributed by atoms with van der Waals surface area (Å²) in [5, 5.41) is 9.48. The number of nitrogens with zero attached hydrogens (tertiary/aromatic N) is 1. The molecule has 0 fully saturated rings. The van der Waals surface area contributed by atoms with Crippen molar-refractivity contribution >= 4 is 28.6 Å². The third-order valence-corrected chi connectivity index (χ3v) is 4.48. The predicted molar refractivity (Wildman–Crippen MR) is 89.7 cm³/mol. The molecule has 0 aliphatic rings. The minimum Gasteiger partial charge on any atom is -0.492 e. The van der Waals surface area contributed by atoms with Gasteiger partial charge in [-0.25, -0.2) is 4.98 Å². The number of nitrogens with one attached hydrogen (secondary N) is 1. The summed E-state index contributed by atoms with van der Waals surface area (Å²) in [7, 11) is 0. The van der Waals surface area contributed by atoms with E-state index in [4.69, 9.17) is 4.74 Å². The van der Waals surface area contributed by atoms with Crippen LogP contribution in [0, 0.1) is 0 Å². The number of carbonyl (C=O) groups is 1. The molecule has 0 saturated carbocycles. The molecule has 3 aromatic rings. The highest BCUT2D eigenvalue weighted by molar-refractivity contribution is 7.14. The van der Waals surface area contributed by atoms with Gasteiger partial charge in [0, 0.05) is 16.3 Å². The Labute approximate surface area is 136 Å². The van der Waals surface area contributed by atoms with Crippen LogP contribution in [0.5, 0.6) is 5.75 Å². The maximum atomic E-state index is 12.0. The zero-order valence-electron chi connectivity index (χ0n) is 11.7. The van der Waals surface area contributed by atoms with E-state index in [1.807, 2.05) is 47.2 Å². The summed E-state index contributed by atoms with van der Waals surface area (Å²) in [5.74, 6) is 0.625. The molecule has 0 aliphatic carbocycles. The molecule has 0 saturated heterocycles. The van der Waals surface area contributed by atoms with Crippen LogP contribution in [0.25, 0.3) is 10.6 Å². The van der Waals surface area contributed by atoms with Gasteiger partial charge in [-0.1, -0.05) is 18.2 Å². The number of hydrogen-bond acceptors (Lipinski definition) is 5. The van der Waals surface area contributed by atoms with Gasteiger partial charge in [-0.2, -0.15) is 11.3 Å². The van der Waals surface area contributed by atoms with Crippen LogP contribution in [0.15, 0.2) is 52.5 Å². The lowest BCUT2D eigenvalue weighted by atomic mass is 10.3. The maximum Gasteiger partial charge on any atom is 0.270 e. The minimum atomic E-state index is -0.172. The lowest BCUT2D eigenvalue weighted by molar-refractivity contribution is 0.0943. The fourth-order valence-corrected chi connectivity index (χ4v) is 3.35. The molecule has 4 nitrogen and oxygen atoms in total. The first-order valence-corrected chi connectivity index (χ1v) is 8.59. The van der Waals surface area contributed by atoms with Gasteiger partial charge in [0.25, 0.3) is 5.91 Å². The van der Waals surface area contributed by atoms with E-state index in [0.717, 1.165) is 16.3 Å². The average molecular weight is 330 g/mol. The van der Waals surface area contributed by atoms with E-state index in [-0.39, 0.29) is 5.91 Å². The van der Waals surface area contributed by atoms with Gasteiger partial charge in [-0.3, -0.25) is 4.79 Å². The zero-order chi connectivity index (χ0) is 15.2. The van der Waals surface area contributed by atoms with E-state index in [1.165, 1.54) is 11.3 Å². The van der Waals surface area contributed by atoms with E-state index in [1.54, 1.807) is 16.7 Å². The molecule has 0 atom stereocenters. The van der Waals surface area contributed by atoms with Crippen molar-refractivity contribution in [3.05, 3.63) is 58.2 Å². The normalized spacial score (nSPS) is 10.4. The number of carbonyl (C=O) groups excluding carboxylic acids is 1.